The van der Waals surface area contributed by atoms with Crippen LogP contribution in [0.1, 0.15) is 24.5 Å². The van der Waals surface area contributed by atoms with E-state index >= 15 is 0 Å². The maximum absolute atomic E-state index is 12.5. The van der Waals surface area contributed by atoms with Crippen LogP contribution in [0, 0.1) is 0 Å². The summed E-state index contributed by atoms with van der Waals surface area (Å²) in [5, 5.41) is 10.3. The highest BCUT2D eigenvalue weighted by molar-refractivity contribution is 9.10. The largest absolute Gasteiger partial charge is 0.458 e. The number of aliphatic hydroxyl groups is 1. The van der Waals surface area contributed by atoms with Gasteiger partial charge in [0, 0.05) is 18.9 Å². The van der Waals surface area contributed by atoms with Crippen molar-refractivity contribution < 1.29 is 14.6 Å². The van der Waals surface area contributed by atoms with Crippen molar-refractivity contribution in [2.24, 2.45) is 0 Å². The summed E-state index contributed by atoms with van der Waals surface area (Å²) in [6.07, 6.45) is 3.56. The smallest absolute Gasteiger partial charge is 0.316 e. The molecule has 1 fully saturated rings. The minimum absolute atomic E-state index is 0.174. The SMILES string of the molecule is O=C(C(O)c1ccccc1)N1CCCC(Oc2ncc(Br)cn2)C1. The van der Waals surface area contributed by atoms with E-state index in [4.69, 9.17) is 4.74 Å². The highest BCUT2D eigenvalue weighted by Gasteiger charge is 2.29. The number of halogens is 1. The summed E-state index contributed by atoms with van der Waals surface area (Å²) in [5.74, 6) is -0.300. The van der Waals surface area contributed by atoms with Gasteiger partial charge in [0.15, 0.2) is 6.10 Å². The number of hydrogen-bond acceptors (Lipinski definition) is 5. The molecular weight excluding hydrogens is 374 g/mol. The fourth-order valence-electron chi connectivity index (χ4n) is 2.70. The Morgan fingerprint density at radius 1 is 1.29 bits per heavy atom. The van der Waals surface area contributed by atoms with Crippen LogP contribution in [0.25, 0.3) is 0 Å². The van der Waals surface area contributed by atoms with Gasteiger partial charge in [0.05, 0.1) is 11.0 Å². The van der Waals surface area contributed by atoms with Gasteiger partial charge in [-0.2, -0.15) is 0 Å². The molecule has 2 unspecified atom stereocenters. The third kappa shape index (κ3) is 4.10. The van der Waals surface area contributed by atoms with Gasteiger partial charge < -0.3 is 14.7 Å². The molecule has 0 spiro atoms. The third-order valence-corrected chi connectivity index (χ3v) is 4.32. The molecule has 2 aromatic rings. The predicted molar refractivity (Wildman–Crippen MR) is 91.4 cm³/mol. The van der Waals surface area contributed by atoms with Crippen molar-refractivity contribution in [1.29, 1.82) is 0 Å². The van der Waals surface area contributed by atoms with Gasteiger partial charge >= 0.3 is 6.01 Å². The molecule has 3 rings (SSSR count). The molecule has 1 aliphatic rings. The van der Waals surface area contributed by atoms with E-state index in [1.54, 1.807) is 41.6 Å². The van der Waals surface area contributed by atoms with Crippen molar-refractivity contribution in [1.82, 2.24) is 14.9 Å². The van der Waals surface area contributed by atoms with Gasteiger partial charge in [0.2, 0.25) is 0 Å². The first-order valence-corrected chi connectivity index (χ1v) is 8.59. The normalized spacial score (nSPS) is 18.9. The summed E-state index contributed by atoms with van der Waals surface area (Å²) >= 11 is 3.28. The Balaban J connectivity index is 1.62. The van der Waals surface area contributed by atoms with Crippen molar-refractivity contribution in [2.45, 2.75) is 25.0 Å². The minimum Gasteiger partial charge on any atom is -0.458 e. The van der Waals surface area contributed by atoms with Crippen molar-refractivity contribution in [3.05, 3.63) is 52.8 Å². The fourth-order valence-corrected chi connectivity index (χ4v) is 2.90. The standard InChI is InChI=1S/C17H18BrN3O3/c18-13-9-19-17(20-10-13)24-14-7-4-8-21(11-14)16(23)15(22)12-5-2-1-3-6-12/h1-3,5-6,9-10,14-15,22H,4,7-8,11H2. The molecule has 24 heavy (non-hydrogen) atoms. The first-order valence-electron chi connectivity index (χ1n) is 7.79. The lowest BCUT2D eigenvalue weighted by atomic mass is 10.0. The zero-order valence-corrected chi connectivity index (χ0v) is 14.6. The number of benzene rings is 1. The lowest BCUT2D eigenvalue weighted by molar-refractivity contribution is -0.143. The number of aromatic nitrogens is 2. The average molecular weight is 392 g/mol. The topological polar surface area (TPSA) is 75.5 Å². The number of hydrogen-bond donors (Lipinski definition) is 1. The second-order valence-electron chi connectivity index (χ2n) is 5.66. The lowest BCUT2D eigenvalue weighted by Gasteiger charge is -2.33. The molecule has 2 heterocycles. The molecule has 1 aromatic heterocycles. The van der Waals surface area contributed by atoms with Crippen molar-refractivity contribution in [3.63, 3.8) is 0 Å². The Hall–Kier alpha value is -1.99. The van der Waals surface area contributed by atoms with E-state index in [1.807, 2.05) is 6.07 Å². The van der Waals surface area contributed by atoms with Crippen LogP contribution in [0.2, 0.25) is 0 Å². The number of likely N-dealkylation sites (tertiary alicyclic amines) is 1. The zero-order chi connectivity index (χ0) is 16.9. The number of ether oxygens (including phenoxy) is 1. The number of carbonyl (C=O) groups is 1. The van der Waals surface area contributed by atoms with Crippen LogP contribution in [0.4, 0.5) is 0 Å². The van der Waals surface area contributed by atoms with Crippen molar-refractivity contribution in [3.8, 4) is 6.01 Å². The molecule has 6 nitrogen and oxygen atoms in total. The molecule has 1 amide bonds. The molecule has 0 bridgehead atoms. The van der Waals surface area contributed by atoms with Crippen LogP contribution in [-0.4, -0.2) is 45.1 Å². The van der Waals surface area contributed by atoms with Gasteiger partial charge in [0.25, 0.3) is 5.91 Å². The monoisotopic (exact) mass is 391 g/mol. The van der Waals surface area contributed by atoms with Crippen LogP contribution in [0.3, 0.4) is 0 Å². The van der Waals surface area contributed by atoms with Crippen LogP contribution < -0.4 is 4.74 Å². The Labute approximate surface area is 148 Å². The minimum atomic E-state index is -1.14. The van der Waals surface area contributed by atoms with Crippen molar-refractivity contribution in [2.75, 3.05) is 13.1 Å². The van der Waals surface area contributed by atoms with E-state index in [9.17, 15) is 9.90 Å². The summed E-state index contributed by atoms with van der Waals surface area (Å²) in [4.78, 5) is 22.4. The summed E-state index contributed by atoms with van der Waals surface area (Å²) in [5.41, 5.74) is 0.599. The molecule has 7 heteroatoms. The maximum atomic E-state index is 12.5. The highest BCUT2D eigenvalue weighted by Crippen LogP contribution is 2.21. The Kier molecular flexibility index (Phi) is 5.42. The van der Waals surface area contributed by atoms with Crippen LogP contribution in [0.15, 0.2) is 47.2 Å². The first kappa shape index (κ1) is 16.9. The number of carbonyl (C=O) groups excluding carboxylic acids is 1. The highest BCUT2D eigenvalue weighted by atomic mass is 79.9. The lowest BCUT2D eigenvalue weighted by Crippen LogP contribution is -2.46. The quantitative estimate of drug-likeness (QED) is 0.865. The van der Waals surface area contributed by atoms with E-state index < -0.39 is 6.10 Å². The van der Waals surface area contributed by atoms with Gasteiger partial charge in [-0.3, -0.25) is 4.79 Å². The van der Waals surface area contributed by atoms with Gasteiger partial charge in [-0.1, -0.05) is 30.3 Å². The van der Waals surface area contributed by atoms with E-state index in [-0.39, 0.29) is 12.0 Å². The second kappa shape index (κ2) is 7.72. The molecule has 1 aromatic carbocycles. The van der Waals surface area contributed by atoms with E-state index in [0.717, 1.165) is 17.3 Å². The second-order valence-corrected chi connectivity index (χ2v) is 6.58. The van der Waals surface area contributed by atoms with Gasteiger partial charge in [-0.25, -0.2) is 9.97 Å². The van der Waals surface area contributed by atoms with E-state index in [2.05, 4.69) is 25.9 Å². The number of nitrogens with zero attached hydrogens (tertiary/aromatic N) is 3. The molecule has 0 radical (unpaired) electrons. The van der Waals surface area contributed by atoms with E-state index in [0.29, 0.717) is 24.7 Å². The Morgan fingerprint density at radius 3 is 2.71 bits per heavy atom. The molecule has 0 aliphatic carbocycles. The zero-order valence-electron chi connectivity index (χ0n) is 13.0. The van der Waals surface area contributed by atoms with Gasteiger partial charge in [-0.05, 0) is 34.3 Å². The van der Waals surface area contributed by atoms with Crippen molar-refractivity contribution >= 4 is 21.8 Å². The molecule has 1 saturated heterocycles. The van der Waals surface area contributed by atoms with Crippen LogP contribution in [0.5, 0.6) is 6.01 Å². The first-order chi connectivity index (χ1) is 11.6. The van der Waals surface area contributed by atoms with E-state index in [1.165, 1.54) is 0 Å². The average Bonchev–Trinajstić information content (AvgIpc) is 2.63. The maximum Gasteiger partial charge on any atom is 0.316 e. The fraction of sp³-hybridized carbons (Fsp3) is 0.353. The summed E-state index contributed by atoms with van der Waals surface area (Å²) in [6, 6.07) is 9.24. The number of piperidine rings is 1. The van der Waals surface area contributed by atoms with Gasteiger partial charge in [-0.15, -0.1) is 0 Å². The molecular formula is C17H18BrN3O3. The molecule has 0 saturated carbocycles. The van der Waals surface area contributed by atoms with Crippen LogP contribution >= 0.6 is 15.9 Å². The number of rotatable bonds is 4. The Morgan fingerprint density at radius 2 is 2.00 bits per heavy atom. The number of aliphatic hydroxyl groups excluding tert-OH is 1. The molecule has 2 atom stereocenters. The molecule has 126 valence electrons. The molecule has 1 N–H and O–H groups in total. The summed E-state index contributed by atoms with van der Waals surface area (Å²) < 4.78 is 6.54. The van der Waals surface area contributed by atoms with Gasteiger partial charge in [0.1, 0.15) is 6.10 Å². The summed E-state index contributed by atoms with van der Waals surface area (Å²) in [6.45, 7) is 1.03. The molecule has 1 aliphatic heterocycles. The van der Waals surface area contributed by atoms with Crippen LogP contribution in [-0.2, 0) is 4.79 Å². The summed E-state index contributed by atoms with van der Waals surface area (Å²) in [7, 11) is 0. The number of amides is 1. The predicted octanol–water partition coefficient (Wildman–Crippen LogP) is 2.34. The third-order valence-electron chi connectivity index (χ3n) is 3.91. The Bertz CT molecular complexity index is 681.